The van der Waals surface area contributed by atoms with Crippen LogP contribution in [0.3, 0.4) is 0 Å². The van der Waals surface area contributed by atoms with E-state index < -0.39 is 0 Å². The second-order valence-corrected chi connectivity index (χ2v) is 6.84. The monoisotopic (exact) mass is 290 g/mol. The molecule has 1 aliphatic carbocycles. The second kappa shape index (κ2) is 5.89. The number of aromatic nitrogens is 2. The van der Waals surface area contributed by atoms with Crippen LogP contribution in [0.2, 0.25) is 0 Å². The summed E-state index contributed by atoms with van der Waals surface area (Å²) >= 11 is 0. The van der Waals surface area contributed by atoms with E-state index in [9.17, 15) is 0 Å². The van der Waals surface area contributed by atoms with E-state index in [4.69, 9.17) is 4.74 Å². The Morgan fingerprint density at radius 3 is 2.90 bits per heavy atom. The first-order valence-electron chi connectivity index (χ1n) is 7.98. The Morgan fingerprint density at radius 1 is 1.38 bits per heavy atom. The van der Waals surface area contributed by atoms with E-state index >= 15 is 0 Å². The molecular formula is C16H26N4O. The van der Waals surface area contributed by atoms with Gasteiger partial charge in [0.15, 0.2) is 0 Å². The highest BCUT2D eigenvalue weighted by Gasteiger charge is 2.28. The molecule has 0 unspecified atom stereocenters. The van der Waals surface area contributed by atoms with Crippen LogP contribution in [0.4, 0.5) is 5.82 Å². The van der Waals surface area contributed by atoms with Gasteiger partial charge in [-0.1, -0.05) is 0 Å². The molecule has 21 heavy (non-hydrogen) atoms. The Bertz CT molecular complexity index is 499. The summed E-state index contributed by atoms with van der Waals surface area (Å²) in [6.07, 6.45) is 2.48. The first kappa shape index (κ1) is 14.7. The third-order valence-corrected chi connectivity index (χ3v) is 4.05. The van der Waals surface area contributed by atoms with Crippen molar-refractivity contribution in [2.75, 3.05) is 38.1 Å². The molecule has 0 amide bonds. The molecule has 2 heterocycles. The van der Waals surface area contributed by atoms with Gasteiger partial charge in [-0.3, -0.25) is 4.90 Å². The van der Waals surface area contributed by atoms with Crippen LogP contribution in [0.1, 0.15) is 44.1 Å². The molecule has 2 fully saturated rings. The number of ether oxygens (including phenoxy) is 1. The maximum atomic E-state index is 5.74. The molecule has 1 aliphatic heterocycles. The van der Waals surface area contributed by atoms with Crippen LogP contribution in [0.15, 0.2) is 6.07 Å². The van der Waals surface area contributed by atoms with E-state index in [1.165, 1.54) is 12.8 Å². The standard InChI is InChI=1S/C16H26N4O/c1-12-10-14(19-15(18-12)13-4-5-13)17-6-7-20-8-9-21-16(2,3)11-20/h10,13H,4-9,11H2,1-3H3,(H,17,18,19). The lowest BCUT2D eigenvalue weighted by atomic mass is 10.1. The highest BCUT2D eigenvalue weighted by molar-refractivity contribution is 5.36. The smallest absolute Gasteiger partial charge is 0.134 e. The quantitative estimate of drug-likeness (QED) is 0.901. The van der Waals surface area contributed by atoms with Crippen molar-refractivity contribution in [1.29, 1.82) is 0 Å². The molecule has 116 valence electrons. The molecule has 0 bridgehead atoms. The third kappa shape index (κ3) is 4.14. The predicted molar refractivity (Wildman–Crippen MR) is 83.7 cm³/mol. The topological polar surface area (TPSA) is 50.3 Å². The maximum absolute atomic E-state index is 5.74. The van der Waals surface area contributed by atoms with Crippen molar-refractivity contribution in [3.63, 3.8) is 0 Å². The lowest BCUT2D eigenvalue weighted by molar-refractivity contribution is -0.0848. The average molecular weight is 290 g/mol. The van der Waals surface area contributed by atoms with Gasteiger partial charge in [-0.15, -0.1) is 0 Å². The SMILES string of the molecule is Cc1cc(NCCN2CCOC(C)(C)C2)nc(C2CC2)n1. The van der Waals surface area contributed by atoms with E-state index in [1.54, 1.807) is 0 Å². The number of anilines is 1. The molecule has 2 aliphatic rings. The second-order valence-electron chi connectivity index (χ2n) is 6.84. The number of nitrogens with zero attached hydrogens (tertiary/aromatic N) is 3. The molecule has 1 aromatic heterocycles. The zero-order chi connectivity index (χ0) is 14.9. The summed E-state index contributed by atoms with van der Waals surface area (Å²) in [5.41, 5.74) is 1.03. The van der Waals surface area contributed by atoms with Crippen LogP contribution >= 0.6 is 0 Å². The molecule has 3 rings (SSSR count). The maximum Gasteiger partial charge on any atom is 0.134 e. The molecule has 5 heteroatoms. The van der Waals surface area contributed by atoms with Gasteiger partial charge in [0, 0.05) is 43.9 Å². The molecular weight excluding hydrogens is 264 g/mol. The fraction of sp³-hybridized carbons (Fsp3) is 0.750. The number of rotatable bonds is 5. The minimum atomic E-state index is -0.0249. The molecule has 1 saturated heterocycles. The van der Waals surface area contributed by atoms with Crippen LogP contribution in [0.5, 0.6) is 0 Å². The van der Waals surface area contributed by atoms with Crippen LogP contribution in [0, 0.1) is 6.92 Å². The first-order valence-corrected chi connectivity index (χ1v) is 7.98. The summed E-state index contributed by atoms with van der Waals surface area (Å²) in [6, 6.07) is 2.04. The normalized spacial score (nSPS) is 22.2. The van der Waals surface area contributed by atoms with Crippen LogP contribution < -0.4 is 5.32 Å². The van der Waals surface area contributed by atoms with E-state index in [2.05, 4.69) is 34.0 Å². The van der Waals surface area contributed by atoms with Crippen LogP contribution in [0.25, 0.3) is 0 Å². The number of hydrogen-bond donors (Lipinski definition) is 1. The Morgan fingerprint density at radius 2 is 2.19 bits per heavy atom. The van der Waals surface area contributed by atoms with Gasteiger partial charge in [-0.05, 0) is 33.6 Å². The van der Waals surface area contributed by atoms with Crippen molar-refractivity contribution < 1.29 is 4.74 Å². The third-order valence-electron chi connectivity index (χ3n) is 4.05. The highest BCUT2D eigenvalue weighted by Crippen LogP contribution is 2.38. The van der Waals surface area contributed by atoms with Gasteiger partial charge in [-0.2, -0.15) is 0 Å². The van der Waals surface area contributed by atoms with Gasteiger partial charge in [-0.25, -0.2) is 9.97 Å². The van der Waals surface area contributed by atoms with Gasteiger partial charge in [0.1, 0.15) is 11.6 Å². The van der Waals surface area contributed by atoms with Gasteiger partial charge in [0.05, 0.1) is 12.2 Å². The predicted octanol–water partition coefficient (Wildman–Crippen LogP) is 2.19. The Hall–Kier alpha value is -1.20. The number of nitrogens with one attached hydrogen (secondary N) is 1. The van der Waals surface area contributed by atoms with E-state index in [1.807, 2.05) is 13.0 Å². The van der Waals surface area contributed by atoms with Gasteiger partial charge >= 0.3 is 0 Å². The average Bonchev–Trinajstić information content (AvgIpc) is 3.21. The summed E-state index contributed by atoms with van der Waals surface area (Å²) < 4.78 is 5.74. The van der Waals surface area contributed by atoms with E-state index in [0.717, 1.165) is 50.1 Å². The van der Waals surface area contributed by atoms with Crippen molar-refractivity contribution in [3.05, 3.63) is 17.6 Å². The zero-order valence-corrected chi connectivity index (χ0v) is 13.4. The zero-order valence-electron chi connectivity index (χ0n) is 13.4. The highest BCUT2D eigenvalue weighted by atomic mass is 16.5. The lowest BCUT2D eigenvalue weighted by Gasteiger charge is -2.38. The van der Waals surface area contributed by atoms with Crippen LogP contribution in [-0.4, -0.2) is 53.3 Å². The number of hydrogen-bond acceptors (Lipinski definition) is 5. The minimum Gasteiger partial charge on any atom is -0.373 e. The van der Waals surface area contributed by atoms with E-state index in [0.29, 0.717) is 5.92 Å². The Kier molecular flexibility index (Phi) is 4.13. The molecule has 0 atom stereocenters. The number of aryl methyl sites for hydroxylation is 1. The van der Waals surface area contributed by atoms with Crippen molar-refractivity contribution in [1.82, 2.24) is 14.9 Å². The fourth-order valence-corrected chi connectivity index (χ4v) is 2.85. The van der Waals surface area contributed by atoms with Gasteiger partial charge in [0.25, 0.3) is 0 Å². The van der Waals surface area contributed by atoms with Crippen molar-refractivity contribution >= 4 is 5.82 Å². The summed E-state index contributed by atoms with van der Waals surface area (Å²) in [7, 11) is 0. The van der Waals surface area contributed by atoms with Crippen molar-refractivity contribution in [3.8, 4) is 0 Å². The molecule has 0 radical (unpaired) electrons. The molecule has 1 N–H and O–H groups in total. The summed E-state index contributed by atoms with van der Waals surface area (Å²) in [4.78, 5) is 11.6. The largest absolute Gasteiger partial charge is 0.373 e. The molecule has 5 nitrogen and oxygen atoms in total. The summed E-state index contributed by atoms with van der Waals surface area (Å²) in [6.45, 7) is 11.1. The van der Waals surface area contributed by atoms with Gasteiger partial charge < -0.3 is 10.1 Å². The van der Waals surface area contributed by atoms with E-state index in [-0.39, 0.29) is 5.60 Å². The Balaban J connectivity index is 1.51. The lowest BCUT2D eigenvalue weighted by Crippen LogP contribution is -2.49. The molecule has 1 saturated carbocycles. The molecule has 0 spiro atoms. The van der Waals surface area contributed by atoms with Crippen molar-refractivity contribution in [2.24, 2.45) is 0 Å². The molecule has 1 aromatic rings. The van der Waals surface area contributed by atoms with Crippen molar-refractivity contribution in [2.45, 2.75) is 45.1 Å². The summed E-state index contributed by atoms with van der Waals surface area (Å²) in [5, 5.41) is 3.45. The Labute approximate surface area is 127 Å². The number of morpholine rings is 1. The first-order chi connectivity index (χ1) is 10.0. The van der Waals surface area contributed by atoms with Crippen LogP contribution in [-0.2, 0) is 4.74 Å². The summed E-state index contributed by atoms with van der Waals surface area (Å²) in [5.74, 6) is 2.59. The molecule has 0 aromatic carbocycles. The minimum absolute atomic E-state index is 0.0249. The fourth-order valence-electron chi connectivity index (χ4n) is 2.85. The van der Waals surface area contributed by atoms with Gasteiger partial charge in [0.2, 0.25) is 0 Å².